The van der Waals surface area contributed by atoms with Gasteiger partial charge in [0.1, 0.15) is 50.6 Å². The molecule has 0 unspecified atom stereocenters. The number of nitrogens with two attached hydrogens (primary N) is 1. The molecule has 23 nitrogen and oxygen atoms in total. The van der Waals surface area contributed by atoms with E-state index in [0.717, 1.165) is 24.3 Å². The van der Waals surface area contributed by atoms with Gasteiger partial charge in [0.25, 0.3) is 30.4 Å². The van der Waals surface area contributed by atoms with Gasteiger partial charge in [0.2, 0.25) is 0 Å². The van der Waals surface area contributed by atoms with Crippen LogP contribution in [0.4, 0.5) is 51.2 Å². The summed E-state index contributed by atoms with van der Waals surface area (Å²) in [5.74, 6) is -1.06. The van der Waals surface area contributed by atoms with Gasteiger partial charge in [0, 0.05) is 24.6 Å². The van der Waals surface area contributed by atoms with Crippen molar-refractivity contribution in [2.45, 2.75) is 40.9 Å². The Bertz CT molecular complexity index is 3450. The molecule has 0 saturated carbocycles. The molecule has 0 amide bonds. The Hall–Kier alpha value is -6.78. The van der Waals surface area contributed by atoms with Crippen LogP contribution < -0.4 is 40.6 Å². The van der Waals surface area contributed by atoms with E-state index >= 15 is 0 Å². The Balaban J connectivity index is 0.00000456. The fourth-order valence-electron chi connectivity index (χ4n) is 5.90. The van der Waals surface area contributed by atoms with Crippen molar-refractivity contribution in [3.8, 4) is 5.75 Å². The van der Waals surface area contributed by atoms with Gasteiger partial charge < -0.3 is 40.6 Å². The SMILES string of the molecule is CCC(=O)CN=NCC(=O)CCC(=O)Oc1ccc(N=Nc2ccc(Nc3ccc(N=Nc4cc5cc(N=Nc6ccccc6)c(S(=O)(=O)O)cc5cc4S(=O)(=O)O)cc3S(=O)(=O)O)cc2)c(N)c1.[Cl-].[Cl-].[Cu+2]. The third kappa shape index (κ3) is 16.9. The van der Waals surface area contributed by atoms with Crippen molar-refractivity contribution in [2.75, 3.05) is 24.1 Å². The van der Waals surface area contributed by atoms with E-state index in [1.165, 1.54) is 60.7 Å². The Labute approximate surface area is 434 Å². The number of ether oxygens (including phenoxy) is 1. The summed E-state index contributed by atoms with van der Waals surface area (Å²) >= 11 is 0. The molecule has 0 aliphatic heterocycles. The van der Waals surface area contributed by atoms with Crippen LogP contribution in [0.25, 0.3) is 10.8 Å². The number of Topliss-reactive ketones (excluding diaryl/α,β-unsaturated/α-hetero) is 2. The number of rotatable bonds is 20. The molecule has 0 spiro atoms. The Morgan fingerprint density at radius 2 is 1.06 bits per heavy atom. The molecule has 6 aromatic rings. The zero-order chi connectivity index (χ0) is 49.9. The first-order valence-corrected chi connectivity index (χ1v) is 24.3. The van der Waals surface area contributed by atoms with Crippen molar-refractivity contribution in [1.29, 1.82) is 0 Å². The molecule has 0 bridgehead atoms. The molecule has 0 aliphatic carbocycles. The van der Waals surface area contributed by atoms with Crippen LogP contribution in [0.15, 0.2) is 171 Å². The van der Waals surface area contributed by atoms with Gasteiger partial charge in [-0.25, -0.2) is 0 Å². The number of hydrogen-bond acceptors (Lipinski definition) is 20. The number of hydrogen-bond donors (Lipinski definition) is 5. The van der Waals surface area contributed by atoms with Crippen LogP contribution in [-0.2, 0) is 61.8 Å². The monoisotopic (exact) mass is 1130 g/mol. The topological polar surface area (TPSA) is 360 Å². The van der Waals surface area contributed by atoms with E-state index < -0.39 is 56.7 Å². The molecule has 0 fully saturated rings. The van der Waals surface area contributed by atoms with E-state index in [4.69, 9.17) is 10.5 Å². The van der Waals surface area contributed by atoms with Gasteiger partial charge in [0.15, 0.2) is 11.6 Å². The number of nitrogens with zero attached hydrogens (tertiary/aromatic N) is 8. The second-order valence-electron chi connectivity index (χ2n) is 14.4. The summed E-state index contributed by atoms with van der Waals surface area (Å²) < 4.78 is 110. The second kappa shape index (κ2) is 26.1. The molecule has 6 N–H and O–H groups in total. The first-order chi connectivity index (χ1) is 32.7. The van der Waals surface area contributed by atoms with Gasteiger partial charge in [-0.2, -0.15) is 50.8 Å². The molecule has 0 atom stereocenters. The summed E-state index contributed by atoms with van der Waals surface area (Å²) in [5.41, 5.74) is 6.37. The number of nitrogens with one attached hydrogen (secondary N) is 1. The maximum atomic E-state index is 12.5. The average Bonchev–Trinajstić information content (AvgIpc) is 3.30. The van der Waals surface area contributed by atoms with Crippen molar-refractivity contribution in [3.05, 3.63) is 115 Å². The minimum Gasteiger partial charge on any atom is -1.00 e. The molecule has 0 aromatic heterocycles. The first-order valence-electron chi connectivity index (χ1n) is 20.0. The van der Waals surface area contributed by atoms with Gasteiger partial charge in [0.05, 0.1) is 34.9 Å². The van der Waals surface area contributed by atoms with E-state index in [0.29, 0.717) is 23.5 Å². The summed E-state index contributed by atoms with van der Waals surface area (Å²) in [7, 11) is -14.9. The number of halogens is 2. The molecule has 0 saturated heterocycles. The van der Waals surface area contributed by atoms with Crippen LogP contribution in [0, 0.1) is 0 Å². The van der Waals surface area contributed by atoms with Gasteiger partial charge in [-0.15, -0.1) is 15.3 Å². The third-order valence-corrected chi connectivity index (χ3v) is 12.0. The largest absolute Gasteiger partial charge is 2.00 e. The summed E-state index contributed by atoms with van der Waals surface area (Å²) in [6.07, 6.45) is -0.0504. The number of azo groups is 4. The number of ketones is 2. The quantitative estimate of drug-likeness (QED) is 0.0181. The normalized spacial score (nSPS) is 11.9. The molecular weight excluding hydrogens is 1100 g/mol. The molecule has 29 heteroatoms. The van der Waals surface area contributed by atoms with Crippen molar-refractivity contribution >= 4 is 110 Å². The average molecular weight is 1130 g/mol. The predicted molar refractivity (Wildman–Crippen MR) is 249 cm³/mol. The molecule has 381 valence electrons. The molecule has 0 heterocycles. The molecular formula is C43H38Cl2CuN10O13S3. The summed E-state index contributed by atoms with van der Waals surface area (Å²) in [6.45, 7) is 1.32. The van der Waals surface area contributed by atoms with Crippen LogP contribution in [0.3, 0.4) is 0 Å². The van der Waals surface area contributed by atoms with Gasteiger partial charge in [-0.1, -0.05) is 25.1 Å². The van der Waals surface area contributed by atoms with E-state index in [-0.39, 0.29) is 124 Å². The minimum atomic E-state index is -5.05. The molecule has 1 radical (unpaired) electrons. The molecule has 6 rings (SSSR count). The number of carbonyl (C=O) groups is 3. The van der Waals surface area contributed by atoms with Crippen molar-refractivity contribution in [3.63, 3.8) is 0 Å². The minimum absolute atomic E-state index is 0. The first kappa shape index (κ1) is 59.5. The number of nitrogen functional groups attached to an aromatic ring is 1. The second-order valence-corrected chi connectivity index (χ2v) is 18.6. The Morgan fingerprint density at radius 3 is 1.60 bits per heavy atom. The van der Waals surface area contributed by atoms with Crippen molar-refractivity contribution in [2.24, 2.45) is 40.9 Å². The van der Waals surface area contributed by atoms with E-state index in [1.54, 1.807) is 37.3 Å². The standard InChI is InChI=1S/C43H38N10O13S3.2ClH.Cu/c1-2-32(54)24-45-46-25-33(55)13-17-43(56)66-34-14-16-36(35(44)23-34)51-49-30-10-8-28(9-11-30)47-37-15-12-31(22-42(37)69(63,64)65)50-53-39-19-26-18-38(52-48-29-6-4-3-5-7-29)40(67(57,58)59)20-27(26)21-41(39)68(60,61)62;;;/h3-12,14-16,18-23,47H,2,13,17,24-25,44H2,1H3,(H,57,58,59)(H,60,61,62)(H,63,64,65);2*1H;/q;;;+2/p-2. The van der Waals surface area contributed by atoms with E-state index in [9.17, 15) is 53.3 Å². The summed E-state index contributed by atoms with van der Waals surface area (Å²) in [6, 6.07) is 26.1. The zero-order valence-electron chi connectivity index (χ0n) is 36.9. The number of anilines is 3. The van der Waals surface area contributed by atoms with Crippen LogP contribution in [0.5, 0.6) is 5.75 Å². The van der Waals surface area contributed by atoms with E-state index in [2.05, 4.69) is 46.2 Å². The predicted octanol–water partition coefficient (Wildman–Crippen LogP) is 3.84. The Morgan fingerprint density at radius 1 is 0.556 bits per heavy atom. The molecule has 0 aliphatic rings. The summed E-state index contributed by atoms with van der Waals surface area (Å²) in [4.78, 5) is 33.3. The number of benzene rings is 6. The van der Waals surface area contributed by atoms with Gasteiger partial charge in [-0.05, 0) is 102 Å². The molecule has 6 aromatic carbocycles. The number of carbonyl (C=O) groups excluding carboxylic acids is 3. The van der Waals surface area contributed by atoms with E-state index in [1.807, 2.05) is 0 Å². The fraction of sp³-hybridized carbons (Fsp3) is 0.140. The van der Waals surface area contributed by atoms with Gasteiger partial charge in [-0.3, -0.25) is 28.0 Å². The van der Waals surface area contributed by atoms with Crippen molar-refractivity contribution < 1.29 is 99.9 Å². The van der Waals surface area contributed by atoms with Crippen LogP contribution in [0.2, 0.25) is 0 Å². The molecule has 72 heavy (non-hydrogen) atoms. The summed E-state index contributed by atoms with van der Waals surface area (Å²) in [5, 5.41) is 34.3. The zero-order valence-corrected chi connectivity index (χ0v) is 41.8. The van der Waals surface area contributed by atoms with Crippen LogP contribution in [0.1, 0.15) is 26.2 Å². The smallest absolute Gasteiger partial charge is 1.00 e. The van der Waals surface area contributed by atoms with Crippen molar-refractivity contribution in [1.82, 2.24) is 0 Å². The fourth-order valence-corrected chi connectivity index (χ4v) is 7.85. The van der Waals surface area contributed by atoms with Gasteiger partial charge >= 0.3 is 23.0 Å². The Kier molecular flexibility index (Phi) is 21.6. The number of esters is 1. The maximum absolute atomic E-state index is 12.5. The third-order valence-electron chi connectivity index (χ3n) is 9.34. The number of fused-ring (bicyclic) bond motifs is 1. The maximum Gasteiger partial charge on any atom is 2.00 e. The van der Waals surface area contributed by atoms with Crippen LogP contribution in [-0.4, -0.2) is 69.5 Å². The van der Waals surface area contributed by atoms with Crippen LogP contribution >= 0.6 is 0 Å².